The topological polar surface area (TPSA) is 163 Å². The molecule has 1 fully saturated rings. The third kappa shape index (κ3) is 8.60. The van der Waals surface area contributed by atoms with Crippen molar-refractivity contribution in [3.63, 3.8) is 0 Å². The van der Waals surface area contributed by atoms with Crippen LogP contribution in [-0.2, 0) is 30.7 Å². The van der Waals surface area contributed by atoms with Gasteiger partial charge in [-0.15, -0.1) is 0 Å². The minimum atomic E-state index is -2.27. The van der Waals surface area contributed by atoms with Crippen molar-refractivity contribution in [2.24, 2.45) is 0 Å². The summed E-state index contributed by atoms with van der Waals surface area (Å²) in [4.78, 5) is 19.5. The van der Waals surface area contributed by atoms with Gasteiger partial charge in [0, 0.05) is 0 Å². The van der Waals surface area contributed by atoms with Crippen LogP contribution in [0.2, 0.25) is 0 Å². The zero-order chi connectivity index (χ0) is 15.0. The Balaban J connectivity index is 0. The predicted octanol–water partition coefficient (Wildman–Crippen LogP) is 0.667. The molecule has 0 aromatic carbocycles. The van der Waals surface area contributed by atoms with E-state index in [1.54, 1.807) is 0 Å². The van der Waals surface area contributed by atoms with Crippen LogP contribution in [-0.4, -0.2) is 56.7 Å². The summed E-state index contributed by atoms with van der Waals surface area (Å²) in [6.07, 6.45) is 0.954. The fourth-order valence-electron chi connectivity index (χ4n) is 1.58. The van der Waals surface area contributed by atoms with Crippen LogP contribution >= 0.6 is 0 Å². The third-order valence-electron chi connectivity index (χ3n) is 2.82. The molecule has 0 aliphatic heterocycles. The number of carboxylic acids is 2. The summed E-state index contributed by atoms with van der Waals surface area (Å²) in [5.74, 6) is -3.54. The van der Waals surface area contributed by atoms with Crippen LogP contribution in [0.15, 0.2) is 0 Å². The van der Waals surface area contributed by atoms with Crippen LogP contribution < -0.4 is 0 Å². The summed E-state index contributed by atoms with van der Waals surface area (Å²) in [6.45, 7) is 0. The minimum absolute atomic E-state index is 0. The minimum Gasteiger partial charge on any atom is -0.676 e. The van der Waals surface area contributed by atoms with Crippen molar-refractivity contribution in [1.29, 1.82) is 0 Å². The molecule has 1 aliphatic carbocycles. The monoisotopic (exact) mass is 471 g/mol. The number of hydrogen-bond donors (Lipinski definition) is 4. The molecule has 0 aromatic heterocycles. The van der Waals surface area contributed by atoms with E-state index in [4.69, 9.17) is 31.9 Å². The smallest absolute Gasteiger partial charge is 0.676 e. The fourth-order valence-corrected chi connectivity index (χ4v) is 1.58. The quantitative estimate of drug-likeness (QED) is 0.442. The zero-order valence-electron chi connectivity index (χ0n) is 10.8. The van der Waals surface area contributed by atoms with Gasteiger partial charge >= 0.3 is 33.0 Å². The van der Waals surface area contributed by atoms with E-state index < -0.39 is 24.1 Å². The molecule has 8 nitrogen and oxygen atoms in total. The molecule has 9 heteroatoms. The van der Waals surface area contributed by atoms with Crippen molar-refractivity contribution in [3.05, 3.63) is 11.5 Å². The summed E-state index contributed by atoms with van der Waals surface area (Å²) >= 11 is 0. The molecule has 120 valence electrons. The molecule has 0 heterocycles. The summed E-state index contributed by atoms with van der Waals surface area (Å²) in [7, 11) is 0. The van der Waals surface area contributed by atoms with Crippen molar-refractivity contribution in [3.8, 4) is 0 Å². The normalized spacial score (nSPS) is 25.0. The maximum Gasteiger partial charge on any atom is 2.00 e. The second kappa shape index (κ2) is 11.2. The van der Waals surface area contributed by atoms with Crippen molar-refractivity contribution in [1.82, 2.24) is 0 Å². The molecule has 4 unspecified atom stereocenters. The van der Waals surface area contributed by atoms with Gasteiger partial charge in [0.2, 0.25) is 0 Å². The summed E-state index contributed by atoms with van der Waals surface area (Å²) < 4.78 is 0. The van der Waals surface area contributed by atoms with Gasteiger partial charge in [0.25, 0.3) is 0 Å². The molecule has 1 saturated carbocycles. The Kier molecular flexibility index (Phi) is 12.1. The largest absolute Gasteiger partial charge is 2.00 e. The van der Waals surface area contributed by atoms with E-state index in [2.05, 4.69) is 0 Å². The Morgan fingerprint density at radius 3 is 1.40 bits per heavy atom. The van der Waals surface area contributed by atoms with Crippen LogP contribution in [0.5, 0.6) is 0 Å². The van der Waals surface area contributed by atoms with Gasteiger partial charge in [0.15, 0.2) is 12.2 Å². The van der Waals surface area contributed by atoms with E-state index in [1.807, 2.05) is 0 Å². The van der Waals surface area contributed by atoms with E-state index in [1.165, 1.54) is 19.3 Å². The molecule has 0 radical (unpaired) electrons. The Bertz CT molecular complexity index is 277. The first-order valence-corrected chi connectivity index (χ1v) is 6.01. The second-order valence-corrected chi connectivity index (χ2v) is 4.42. The van der Waals surface area contributed by atoms with Gasteiger partial charge in [-0.3, -0.25) is 0 Å². The van der Waals surface area contributed by atoms with Gasteiger partial charge in [-0.05, 0) is 0 Å². The SMILES string of the molecule is O=C(O)C(O)C(O)C(=O)O.[NH-]C1CCCCCC1[NH-].[Pt+2]. The molecule has 0 aromatic rings. The number of hydrogen-bond acceptors (Lipinski definition) is 4. The van der Waals surface area contributed by atoms with E-state index in [-0.39, 0.29) is 33.1 Å². The molecule has 0 amide bonds. The molecular weight excluding hydrogens is 451 g/mol. The zero-order valence-corrected chi connectivity index (χ0v) is 13.0. The second-order valence-electron chi connectivity index (χ2n) is 4.42. The van der Waals surface area contributed by atoms with Gasteiger partial charge in [-0.2, -0.15) is 12.1 Å². The average molecular weight is 471 g/mol. The van der Waals surface area contributed by atoms with Crippen LogP contribution in [0, 0.1) is 0 Å². The van der Waals surface area contributed by atoms with E-state index in [9.17, 15) is 9.59 Å². The van der Waals surface area contributed by atoms with Crippen LogP contribution in [0.1, 0.15) is 32.1 Å². The fraction of sp³-hybridized carbons (Fsp3) is 0.818. The average Bonchev–Trinajstić information content (AvgIpc) is 2.53. The van der Waals surface area contributed by atoms with Crippen LogP contribution in [0.4, 0.5) is 0 Å². The van der Waals surface area contributed by atoms with Gasteiger partial charge in [-0.1, -0.05) is 32.1 Å². The number of aliphatic hydroxyl groups excluding tert-OH is 2. The number of nitrogens with one attached hydrogen (secondary N) is 2. The Morgan fingerprint density at radius 2 is 1.15 bits per heavy atom. The summed E-state index contributed by atoms with van der Waals surface area (Å²) in [5.41, 5.74) is 14.9. The summed E-state index contributed by atoms with van der Waals surface area (Å²) in [6, 6.07) is -0.181. The molecule has 0 spiro atoms. The number of carbonyl (C=O) groups is 2. The third-order valence-corrected chi connectivity index (χ3v) is 2.82. The first-order chi connectivity index (χ1) is 8.77. The van der Waals surface area contributed by atoms with Crippen molar-refractivity contribution in [2.75, 3.05) is 0 Å². The van der Waals surface area contributed by atoms with E-state index in [0.717, 1.165) is 12.8 Å². The molecule has 20 heavy (non-hydrogen) atoms. The standard InChI is InChI=1S/C7H14N2.C4H6O6.Pt/c8-6-4-2-1-3-5-7(6)9;5-1(3(7)8)2(6)4(9)10;/h6-9H,1-5H2;1-2,5-6H,(H,7,8)(H,9,10);/q-2;;+2. The van der Waals surface area contributed by atoms with E-state index >= 15 is 0 Å². The Hall–Kier alpha value is -0.532. The van der Waals surface area contributed by atoms with Crippen molar-refractivity contribution >= 4 is 11.9 Å². The molecule has 4 atom stereocenters. The first-order valence-electron chi connectivity index (χ1n) is 6.01. The number of aliphatic hydroxyl groups is 2. The van der Waals surface area contributed by atoms with Gasteiger partial charge in [0.05, 0.1) is 0 Å². The van der Waals surface area contributed by atoms with Crippen LogP contribution in [0.25, 0.3) is 11.5 Å². The maximum absolute atomic E-state index is 9.77. The van der Waals surface area contributed by atoms with Crippen molar-refractivity contribution < 1.29 is 51.1 Å². The van der Waals surface area contributed by atoms with Crippen molar-refractivity contribution in [2.45, 2.75) is 56.4 Å². The van der Waals surface area contributed by atoms with Gasteiger partial charge in [-0.25, -0.2) is 9.59 Å². The molecule has 0 bridgehead atoms. The first kappa shape index (κ1) is 21.8. The summed E-state index contributed by atoms with van der Waals surface area (Å²) in [5, 5.41) is 32.5. The number of rotatable bonds is 3. The predicted molar refractivity (Wildman–Crippen MR) is 66.6 cm³/mol. The Morgan fingerprint density at radius 1 is 0.850 bits per heavy atom. The molecular formula is C11H20N2O6Pt. The molecule has 6 N–H and O–H groups in total. The maximum atomic E-state index is 9.77. The molecule has 0 saturated heterocycles. The number of carboxylic acid groups (broad SMARTS) is 2. The van der Waals surface area contributed by atoms with Crippen LogP contribution in [0.3, 0.4) is 0 Å². The van der Waals surface area contributed by atoms with E-state index in [0.29, 0.717) is 0 Å². The number of aliphatic carboxylic acids is 2. The van der Waals surface area contributed by atoms with Gasteiger partial charge in [0.1, 0.15) is 0 Å². The molecule has 1 aliphatic rings. The molecule has 1 rings (SSSR count). The van der Waals surface area contributed by atoms with Gasteiger partial charge < -0.3 is 31.9 Å². The Labute approximate surface area is 131 Å².